The van der Waals surface area contributed by atoms with Crippen LogP contribution in [0.25, 0.3) is 0 Å². The summed E-state index contributed by atoms with van der Waals surface area (Å²) >= 11 is 6.48. The number of carbonyl (C=O) groups is 3. The zero-order valence-electron chi connectivity index (χ0n) is 17.5. The van der Waals surface area contributed by atoms with E-state index in [0.29, 0.717) is 42.2 Å². The van der Waals surface area contributed by atoms with E-state index in [1.165, 1.54) is 0 Å². The number of ketones is 1. The molecule has 2 fully saturated rings. The highest BCUT2D eigenvalue weighted by Gasteiger charge is 2.37. The largest absolute Gasteiger partial charge is 0.348 e. The lowest BCUT2D eigenvalue weighted by Gasteiger charge is -2.30. The third-order valence-corrected chi connectivity index (χ3v) is 6.73. The molecule has 31 heavy (non-hydrogen) atoms. The third kappa shape index (κ3) is 5.16. The van der Waals surface area contributed by atoms with Gasteiger partial charge in [-0.1, -0.05) is 48.0 Å². The molecule has 2 aliphatic rings. The van der Waals surface area contributed by atoms with E-state index in [1.807, 2.05) is 41.3 Å². The standard InChI is InChI=1S/C25H27ClN2O3/c26-23-15-19(24(30)27-16-17-4-2-1-3-5-17)7-6-18(23)14-20-12-13-28(25(20)31)21-8-10-22(29)11-9-21/h1-7,15,20-21H,8-14,16H2,(H,27,30). The fourth-order valence-electron chi connectivity index (χ4n) is 4.55. The summed E-state index contributed by atoms with van der Waals surface area (Å²) in [6, 6.07) is 15.2. The van der Waals surface area contributed by atoms with Crippen LogP contribution in [0.4, 0.5) is 0 Å². The van der Waals surface area contributed by atoms with Crippen LogP contribution in [0.3, 0.4) is 0 Å². The van der Waals surface area contributed by atoms with Crippen molar-refractivity contribution in [3.63, 3.8) is 0 Å². The summed E-state index contributed by atoms with van der Waals surface area (Å²) in [5.74, 6) is 0.208. The lowest BCUT2D eigenvalue weighted by Crippen LogP contribution is -2.40. The molecule has 1 saturated heterocycles. The predicted octanol–water partition coefficient (Wildman–Crippen LogP) is 4.17. The van der Waals surface area contributed by atoms with Crippen LogP contribution in [-0.4, -0.2) is 35.1 Å². The number of nitrogens with zero attached hydrogens (tertiary/aromatic N) is 1. The first-order valence-electron chi connectivity index (χ1n) is 10.9. The second-order valence-corrected chi connectivity index (χ2v) is 8.87. The number of benzene rings is 2. The lowest BCUT2D eigenvalue weighted by atomic mass is 9.93. The molecule has 6 heteroatoms. The fourth-order valence-corrected chi connectivity index (χ4v) is 4.81. The molecule has 2 aromatic rings. The molecule has 4 rings (SSSR count). The highest BCUT2D eigenvalue weighted by molar-refractivity contribution is 6.31. The minimum Gasteiger partial charge on any atom is -0.348 e. The number of halogens is 1. The highest BCUT2D eigenvalue weighted by atomic mass is 35.5. The van der Waals surface area contributed by atoms with Gasteiger partial charge in [0.05, 0.1) is 0 Å². The Balaban J connectivity index is 1.34. The Bertz CT molecular complexity index is 966. The molecule has 5 nitrogen and oxygen atoms in total. The number of Topliss-reactive ketones (excluding diaryl/α,β-unsaturated/α-hetero) is 1. The van der Waals surface area contributed by atoms with Crippen LogP contribution in [-0.2, 0) is 22.6 Å². The number of amides is 2. The smallest absolute Gasteiger partial charge is 0.251 e. The molecule has 1 unspecified atom stereocenters. The summed E-state index contributed by atoms with van der Waals surface area (Å²) in [6.45, 7) is 1.21. The van der Waals surface area contributed by atoms with Crippen molar-refractivity contribution in [3.8, 4) is 0 Å². The molecule has 162 valence electrons. The van der Waals surface area contributed by atoms with E-state index in [-0.39, 0.29) is 23.8 Å². The highest BCUT2D eigenvalue weighted by Crippen LogP contribution is 2.31. The van der Waals surface area contributed by atoms with Gasteiger partial charge in [0, 0.05) is 48.5 Å². The van der Waals surface area contributed by atoms with Crippen LogP contribution in [0, 0.1) is 5.92 Å². The van der Waals surface area contributed by atoms with Crippen LogP contribution in [0.5, 0.6) is 0 Å². The zero-order valence-corrected chi connectivity index (χ0v) is 18.2. The van der Waals surface area contributed by atoms with Gasteiger partial charge in [-0.05, 0) is 48.9 Å². The van der Waals surface area contributed by atoms with Crippen molar-refractivity contribution >= 4 is 29.2 Å². The van der Waals surface area contributed by atoms with E-state index in [2.05, 4.69) is 5.32 Å². The fraction of sp³-hybridized carbons (Fsp3) is 0.400. The second-order valence-electron chi connectivity index (χ2n) is 8.47. The summed E-state index contributed by atoms with van der Waals surface area (Å²) < 4.78 is 0. The molecule has 1 aliphatic carbocycles. The Kier molecular flexibility index (Phi) is 6.71. The first kappa shape index (κ1) is 21.6. The molecule has 2 aromatic carbocycles. The van der Waals surface area contributed by atoms with Gasteiger partial charge in [0.1, 0.15) is 5.78 Å². The Morgan fingerprint density at radius 2 is 1.77 bits per heavy atom. The van der Waals surface area contributed by atoms with Gasteiger partial charge in [0.2, 0.25) is 5.91 Å². The van der Waals surface area contributed by atoms with Gasteiger partial charge < -0.3 is 10.2 Å². The molecule has 1 heterocycles. The maximum Gasteiger partial charge on any atom is 0.251 e. The SMILES string of the molecule is O=C1CCC(N2CCC(Cc3ccc(C(=O)NCc4ccccc4)cc3Cl)C2=O)CC1. The van der Waals surface area contributed by atoms with Gasteiger partial charge in [0.25, 0.3) is 5.91 Å². The van der Waals surface area contributed by atoms with E-state index in [4.69, 9.17) is 11.6 Å². The number of rotatable bonds is 6. The first-order valence-corrected chi connectivity index (χ1v) is 11.3. The average molecular weight is 439 g/mol. The van der Waals surface area contributed by atoms with E-state index in [0.717, 1.165) is 36.9 Å². The maximum atomic E-state index is 12.9. The topological polar surface area (TPSA) is 66.5 Å². The number of nitrogens with one attached hydrogen (secondary N) is 1. The molecule has 2 amide bonds. The molecule has 0 radical (unpaired) electrons. The summed E-state index contributed by atoms with van der Waals surface area (Å²) in [5.41, 5.74) is 2.43. The van der Waals surface area contributed by atoms with Gasteiger partial charge >= 0.3 is 0 Å². The molecule has 0 bridgehead atoms. The van der Waals surface area contributed by atoms with Gasteiger partial charge in [-0.2, -0.15) is 0 Å². The average Bonchev–Trinajstić information content (AvgIpc) is 3.15. The summed E-state index contributed by atoms with van der Waals surface area (Å²) in [4.78, 5) is 38.9. The Morgan fingerprint density at radius 3 is 2.48 bits per heavy atom. The van der Waals surface area contributed by atoms with Crippen LogP contribution in [0.15, 0.2) is 48.5 Å². The van der Waals surface area contributed by atoms with Gasteiger partial charge in [-0.25, -0.2) is 0 Å². The molecule has 1 N–H and O–H groups in total. The van der Waals surface area contributed by atoms with E-state index in [9.17, 15) is 14.4 Å². The van der Waals surface area contributed by atoms with Crippen molar-refractivity contribution in [1.82, 2.24) is 10.2 Å². The summed E-state index contributed by atoms with van der Waals surface area (Å²) in [5, 5.41) is 3.42. The van der Waals surface area contributed by atoms with Crippen molar-refractivity contribution in [2.75, 3.05) is 6.54 Å². The van der Waals surface area contributed by atoms with Crippen LogP contribution >= 0.6 is 11.6 Å². The summed E-state index contributed by atoms with van der Waals surface area (Å²) in [7, 11) is 0. The molecule has 0 aromatic heterocycles. The lowest BCUT2D eigenvalue weighted by molar-refractivity contribution is -0.135. The van der Waals surface area contributed by atoms with Crippen LogP contribution in [0.1, 0.15) is 53.6 Å². The van der Waals surface area contributed by atoms with Crippen molar-refractivity contribution in [2.24, 2.45) is 5.92 Å². The zero-order chi connectivity index (χ0) is 21.8. The molecule has 0 spiro atoms. The molecule has 1 atom stereocenters. The monoisotopic (exact) mass is 438 g/mol. The van der Waals surface area contributed by atoms with E-state index in [1.54, 1.807) is 12.1 Å². The number of carbonyl (C=O) groups excluding carboxylic acids is 3. The van der Waals surface area contributed by atoms with E-state index >= 15 is 0 Å². The quantitative estimate of drug-likeness (QED) is 0.735. The van der Waals surface area contributed by atoms with Gasteiger partial charge in [0.15, 0.2) is 0 Å². The minimum atomic E-state index is -0.174. The predicted molar refractivity (Wildman–Crippen MR) is 120 cm³/mol. The summed E-state index contributed by atoms with van der Waals surface area (Å²) in [6.07, 6.45) is 4.11. The normalized spacial score (nSPS) is 19.6. The van der Waals surface area contributed by atoms with Crippen molar-refractivity contribution in [3.05, 3.63) is 70.2 Å². The van der Waals surface area contributed by atoms with Gasteiger partial charge in [-0.15, -0.1) is 0 Å². The maximum absolute atomic E-state index is 12.9. The van der Waals surface area contributed by atoms with Gasteiger partial charge in [-0.3, -0.25) is 14.4 Å². The Labute approximate surface area is 187 Å². The molecule has 1 aliphatic heterocycles. The minimum absolute atomic E-state index is 0.0899. The molecular formula is C25H27ClN2O3. The van der Waals surface area contributed by atoms with Crippen LogP contribution < -0.4 is 5.32 Å². The number of hydrogen-bond donors (Lipinski definition) is 1. The Hall–Kier alpha value is -2.66. The van der Waals surface area contributed by atoms with Crippen molar-refractivity contribution in [2.45, 2.75) is 51.1 Å². The first-order chi connectivity index (χ1) is 15.0. The van der Waals surface area contributed by atoms with E-state index < -0.39 is 0 Å². The Morgan fingerprint density at radius 1 is 1.03 bits per heavy atom. The van der Waals surface area contributed by atoms with Crippen LogP contribution in [0.2, 0.25) is 5.02 Å². The number of hydrogen-bond acceptors (Lipinski definition) is 3. The number of likely N-dealkylation sites (tertiary alicyclic amines) is 1. The van der Waals surface area contributed by atoms with Crippen molar-refractivity contribution in [1.29, 1.82) is 0 Å². The molecular weight excluding hydrogens is 412 g/mol. The molecule has 1 saturated carbocycles. The second kappa shape index (κ2) is 9.65. The third-order valence-electron chi connectivity index (χ3n) is 6.38. The van der Waals surface area contributed by atoms with Crippen molar-refractivity contribution < 1.29 is 14.4 Å².